The van der Waals surface area contributed by atoms with E-state index in [2.05, 4.69) is 24.1 Å². The number of aromatic nitrogens is 1. The molecule has 1 N–H and O–H groups in total. The minimum Gasteiger partial charge on any atom is -0.484 e. The highest BCUT2D eigenvalue weighted by molar-refractivity contribution is 5.92. The highest BCUT2D eigenvalue weighted by atomic mass is 16.5. The zero-order valence-corrected chi connectivity index (χ0v) is 17.1. The van der Waals surface area contributed by atoms with Crippen molar-refractivity contribution in [3.63, 3.8) is 0 Å². The van der Waals surface area contributed by atoms with E-state index in [0.29, 0.717) is 23.2 Å². The number of benzene rings is 3. The Morgan fingerprint density at radius 2 is 1.77 bits per heavy atom. The lowest BCUT2D eigenvalue weighted by Gasteiger charge is -2.11. The van der Waals surface area contributed by atoms with Crippen LogP contribution in [0.25, 0.3) is 22.6 Å². The molecule has 0 fully saturated rings. The van der Waals surface area contributed by atoms with Gasteiger partial charge >= 0.3 is 0 Å². The number of oxazole rings is 1. The maximum Gasteiger partial charge on any atom is 0.262 e. The number of anilines is 1. The number of amides is 1. The number of carbonyl (C=O) groups excluding carboxylic acids is 1. The molecule has 0 spiro atoms. The number of rotatable bonds is 7. The fourth-order valence-corrected chi connectivity index (χ4v) is 3.17. The molecule has 0 aliphatic heterocycles. The lowest BCUT2D eigenvalue weighted by molar-refractivity contribution is -0.118. The fraction of sp³-hybridized carbons (Fsp3) is 0.200. The van der Waals surface area contributed by atoms with Crippen LogP contribution in [-0.4, -0.2) is 17.5 Å². The van der Waals surface area contributed by atoms with E-state index in [9.17, 15) is 4.79 Å². The second-order valence-corrected chi connectivity index (χ2v) is 7.28. The first-order chi connectivity index (χ1) is 14.6. The van der Waals surface area contributed by atoms with Gasteiger partial charge in [0.15, 0.2) is 12.2 Å². The molecule has 0 aliphatic rings. The van der Waals surface area contributed by atoms with Crippen LogP contribution in [0.4, 0.5) is 5.69 Å². The predicted octanol–water partition coefficient (Wildman–Crippen LogP) is 6.03. The Kier molecular flexibility index (Phi) is 5.80. The number of nitrogens with one attached hydrogen (secondary N) is 1. The standard InChI is InChI=1S/C25H24N2O3/c1-3-17(2)18-10-14-21(15-11-18)29-16-24(28)26-20-12-8-19(9-13-20)25-27-22-6-4-5-7-23(22)30-25/h4-15,17H,3,16H2,1-2H3,(H,26,28)/t17-/m1/s1. The number of para-hydroxylation sites is 2. The second kappa shape index (κ2) is 8.82. The summed E-state index contributed by atoms with van der Waals surface area (Å²) in [5.74, 6) is 1.54. The third-order valence-electron chi connectivity index (χ3n) is 5.14. The third-order valence-corrected chi connectivity index (χ3v) is 5.14. The summed E-state index contributed by atoms with van der Waals surface area (Å²) in [5, 5.41) is 2.84. The summed E-state index contributed by atoms with van der Waals surface area (Å²) in [6, 6.07) is 22.9. The Morgan fingerprint density at radius 1 is 1.03 bits per heavy atom. The lowest BCUT2D eigenvalue weighted by atomic mass is 9.99. The summed E-state index contributed by atoms with van der Waals surface area (Å²) >= 11 is 0. The van der Waals surface area contributed by atoms with Crippen molar-refractivity contribution in [1.29, 1.82) is 0 Å². The average molecular weight is 400 g/mol. The SMILES string of the molecule is CC[C@@H](C)c1ccc(OCC(=O)Nc2ccc(-c3nc4ccccc4o3)cc2)cc1. The second-order valence-electron chi connectivity index (χ2n) is 7.28. The molecule has 3 aromatic carbocycles. The van der Waals surface area contributed by atoms with Gasteiger partial charge in [0.2, 0.25) is 5.89 Å². The van der Waals surface area contributed by atoms with Crippen LogP contribution < -0.4 is 10.1 Å². The Balaban J connectivity index is 1.33. The summed E-state index contributed by atoms with van der Waals surface area (Å²) in [4.78, 5) is 16.7. The summed E-state index contributed by atoms with van der Waals surface area (Å²) in [7, 11) is 0. The van der Waals surface area contributed by atoms with Gasteiger partial charge in [0.25, 0.3) is 5.91 Å². The van der Waals surface area contributed by atoms with E-state index in [0.717, 1.165) is 23.1 Å². The van der Waals surface area contributed by atoms with Gasteiger partial charge in [-0.05, 0) is 66.4 Å². The highest BCUT2D eigenvalue weighted by Gasteiger charge is 2.09. The largest absolute Gasteiger partial charge is 0.484 e. The summed E-state index contributed by atoms with van der Waals surface area (Å²) in [6.07, 6.45) is 1.09. The summed E-state index contributed by atoms with van der Waals surface area (Å²) < 4.78 is 11.4. The Morgan fingerprint density at radius 3 is 2.47 bits per heavy atom. The number of hydrogen-bond acceptors (Lipinski definition) is 4. The van der Waals surface area contributed by atoms with E-state index in [1.54, 1.807) is 0 Å². The molecule has 4 rings (SSSR count). The maximum atomic E-state index is 12.2. The molecule has 5 nitrogen and oxygen atoms in total. The van der Waals surface area contributed by atoms with Gasteiger partial charge in [0.05, 0.1) is 0 Å². The predicted molar refractivity (Wildman–Crippen MR) is 119 cm³/mol. The first-order valence-electron chi connectivity index (χ1n) is 10.1. The molecular formula is C25H24N2O3. The Bertz CT molecular complexity index is 1100. The van der Waals surface area contributed by atoms with Gasteiger partial charge in [-0.2, -0.15) is 0 Å². The summed E-state index contributed by atoms with van der Waals surface area (Å²) in [6.45, 7) is 4.31. The molecule has 4 aromatic rings. The molecular weight excluding hydrogens is 376 g/mol. The van der Waals surface area contributed by atoms with Gasteiger partial charge in [-0.25, -0.2) is 4.98 Å². The Labute approximate surface area is 175 Å². The van der Waals surface area contributed by atoms with Crippen molar-refractivity contribution in [3.05, 3.63) is 78.4 Å². The minimum atomic E-state index is -0.212. The molecule has 30 heavy (non-hydrogen) atoms. The van der Waals surface area contributed by atoms with Crippen LogP contribution in [-0.2, 0) is 4.79 Å². The van der Waals surface area contributed by atoms with Crippen LogP contribution in [0.3, 0.4) is 0 Å². The highest BCUT2D eigenvalue weighted by Crippen LogP contribution is 2.25. The summed E-state index contributed by atoms with van der Waals surface area (Å²) in [5.41, 5.74) is 4.38. The molecule has 152 valence electrons. The number of fused-ring (bicyclic) bond motifs is 1. The van der Waals surface area contributed by atoms with Crippen LogP contribution in [0.5, 0.6) is 5.75 Å². The molecule has 0 unspecified atom stereocenters. The number of ether oxygens (including phenoxy) is 1. The normalized spacial score (nSPS) is 11.9. The molecule has 0 radical (unpaired) electrons. The van der Waals surface area contributed by atoms with Gasteiger partial charge in [-0.15, -0.1) is 0 Å². The molecule has 0 aliphatic carbocycles. The van der Waals surface area contributed by atoms with Gasteiger partial charge in [-0.1, -0.05) is 38.1 Å². The van der Waals surface area contributed by atoms with Crippen molar-refractivity contribution in [2.24, 2.45) is 0 Å². The van der Waals surface area contributed by atoms with Crippen molar-refractivity contribution in [3.8, 4) is 17.2 Å². The molecule has 0 bridgehead atoms. The van der Waals surface area contributed by atoms with Crippen LogP contribution in [0.2, 0.25) is 0 Å². The van der Waals surface area contributed by atoms with Crippen molar-refractivity contribution >= 4 is 22.7 Å². The molecule has 5 heteroatoms. The first kappa shape index (κ1) is 19.7. The van der Waals surface area contributed by atoms with Crippen molar-refractivity contribution in [2.45, 2.75) is 26.2 Å². The average Bonchev–Trinajstić information content (AvgIpc) is 3.22. The fourth-order valence-electron chi connectivity index (χ4n) is 3.17. The van der Waals surface area contributed by atoms with Crippen LogP contribution >= 0.6 is 0 Å². The molecule has 1 aromatic heterocycles. The maximum absolute atomic E-state index is 12.2. The Hall–Kier alpha value is -3.60. The van der Waals surface area contributed by atoms with E-state index >= 15 is 0 Å². The van der Waals surface area contributed by atoms with Gasteiger partial charge in [0, 0.05) is 11.3 Å². The van der Waals surface area contributed by atoms with Gasteiger partial charge in [0.1, 0.15) is 11.3 Å². The topological polar surface area (TPSA) is 64.4 Å². The van der Waals surface area contributed by atoms with Crippen LogP contribution in [0.15, 0.2) is 77.2 Å². The molecule has 0 saturated carbocycles. The zero-order chi connectivity index (χ0) is 20.9. The zero-order valence-electron chi connectivity index (χ0n) is 17.1. The van der Waals surface area contributed by atoms with Crippen molar-refractivity contribution in [1.82, 2.24) is 4.98 Å². The lowest BCUT2D eigenvalue weighted by Crippen LogP contribution is -2.20. The van der Waals surface area contributed by atoms with E-state index in [1.807, 2.05) is 72.8 Å². The van der Waals surface area contributed by atoms with E-state index in [-0.39, 0.29) is 12.5 Å². The van der Waals surface area contributed by atoms with Crippen molar-refractivity contribution < 1.29 is 13.9 Å². The smallest absolute Gasteiger partial charge is 0.262 e. The minimum absolute atomic E-state index is 0.0461. The van der Waals surface area contributed by atoms with Gasteiger partial charge in [-0.3, -0.25) is 4.79 Å². The molecule has 1 heterocycles. The quantitative estimate of drug-likeness (QED) is 0.412. The number of hydrogen-bond donors (Lipinski definition) is 1. The number of nitrogens with zero attached hydrogens (tertiary/aromatic N) is 1. The first-order valence-corrected chi connectivity index (χ1v) is 10.1. The van der Waals surface area contributed by atoms with Gasteiger partial charge < -0.3 is 14.5 Å². The number of carbonyl (C=O) groups is 1. The molecule has 1 atom stereocenters. The third kappa shape index (κ3) is 4.51. The van der Waals surface area contributed by atoms with Crippen molar-refractivity contribution in [2.75, 3.05) is 11.9 Å². The van der Waals surface area contributed by atoms with Crippen LogP contribution in [0.1, 0.15) is 31.7 Å². The van der Waals surface area contributed by atoms with Crippen LogP contribution in [0, 0.1) is 0 Å². The monoisotopic (exact) mass is 400 g/mol. The molecule has 0 saturated heterocycles. The van der Waals surface area contributed by atoms with E-state index in [4.69, 9.17) is 9.15 Å². The van der Waals surface area contributed by atoms with E-state index in [1.165, 1.54) is 5.56 Å². The van der Waals surface area contributed by atoms with E-state index < -0.39 is 0 Å². The molecule has 1 amide bonds.